The molecule has 1 atom stereocenters. The molecule has 2 N–H and O–H groups in total. The molecule has 0 aliphatic carbocycles. The van der Waals surface area contributed by atoms with Crippen LogP contribution in [-0.4, -0.2) is 30.5 Å². The van der Waals surface area contributed by atoms with E-state index in [4.69, 9.17) is 5.11 Å². The van der Waals surface area contributed by atoms with Crippen molar-refractivity contribution < 1.29 is 14.6 Å². The van der Waals surface area contributed by atoms with E-state index in [2.05, 4.69) is 10.1 Å². The fourth-order valence-corrected chi connectivity index (χ4v) is 0.420. The highest BCUT2D eigenvalue weighted by Crippen LogP contribution is 1.81. The third kappa shape index (κ3) is 4.14. The summed E-state index contributed by atoms with van der Waals surface area (Å²) in [7, 11) is 0. The van der Waals surface area contributed by atoms with Gasteiger partial charge in [0.2, 0.25) is 0 Å². The molecule has 0 aliphatic heterocycles. The van der Waals surface area contributed by atoms with Gasteiger partial charge in [-0.05, 0) is 13.8 Å². The molecule has 0 heterocycles. The summed E-state index contributed by atoms with van der Waals surface area (Å²) in [6, 6.07) is -0.237. The van der Waals surface area contributed by atoms with Crippen LogP contribution in [0.3, 0.4) is 0 Å². The van der Waals surface area contributed by atoms with Crippen molar-refractivity contribution in [1.29, 1.82) is 0 Å². The molecule has 0 aromatic heterocycles. The number of ether oxygens (including phenoxy) is 1. The van der Waals surface area contributed by atoms with Crippen molar-refractivity contribution in [3.8, 4) is 0 Å². The predicted molar refractivity (Wildman–Crippen MR) is 36.7 cm³/mol. The third-order valence-corrected chi connectivity index (χ3v) is 0.914. The average molecular weight is 147 g/mol. The maximum atomic E-state index is 10.6. The summed E-state index contributed by atoms with van der Waals surface area (Å²) >= 11 is 0. The number of hydrogen-bond donors (Lipinski definition) is 2. The van der Waals surface area contributed by atoms with Crippen molar-refractivity contribution in [2.75, 3.05) is 13.2 Å². The lowest BCUT2D eigenvalue weighted by molar-refractivity contribution is 0.142. The molecule has 4 nitrogen and oxygen atoms in total. The largest absolute Gasteiger partial charge is 0.450 e. The molecule has 0 aliphatic rings. The highest BCUT2D eigenvalue weighted by Gasteiger charge is 2.04. The number of aliphatic hydroxyl groups excluding tert-OH is 1. The number of amides is 1. The molecule has 0 aromatic rings. The predicted octanol–water partition coefficient (Wildman–Crippen LogP) is 0.113. The van der Waals surface area contributed by atoms with Crippen LogP contribution in [0.15, 0.2) is 0 Å². The summed E-state index contributed by atoms with van der Waals surface area (Å²) in [5, 5.41) is 10.9. The maximum absolute atomic E-state index is 10.6. The molecule has 0 saturated carbocycles. The molecular formula is C6H13NO3. The Kier molecular flexibility index (Phi) is 4.66. The highest BCUT2D eigenvalue weighted by molar-refractivity contribution is 5.67. The summed E-state index contributed by atoms with van der Waals surface area (Å²) in [6.45, 7) is 3.70. The van der Waals surface area contributed by atoms with E-state index in [1.807, 2.05) is 0 Å². The Morgan fingerprint density at radius 1 is 1.80 bits per heavy atom. The van der Waals surface area contributed by atoms with Gasteiger partial charge in [0.1, 0.15) is 0 Å². The van der Waals surface area contributed by atoms with Gasteiger partial charge in [0.25, 0.3) is 0 Å². The second kappa shape index (κ2) is 5.05. The van der Waals surface area contributed by atoms with Gasteiger partial charge in [0.15, 0.2) is 0 Å². The van der Waals surface area contributed by atoms with Crippen LogP contribution < -0.4 is 5.32 Å². The standard InChI is InChI=1S/C6H13NO3/c1-3-10-6(9)7-5(2)4-8/h5,8H,3-4H2,1-2H3,(H,7,9)/t5-/m1/s1. The van der Waals surface area contributed by atoms with E-state index < -0.39 is 6.09 Å². The first-order valence-corrected chi connectivity index (χ1v) is 3.24. The van der Waals surface area contributed by atoms with E-state index >= 15 is 0 Å². The van der Waals surface area contributed by atoms with Gasteiger partial charge in [0.05, 0.1) is 19.3 Å². The molecule has 0 saturated heterocycles. The van der Waals surface area contributed by atoms with Crippen molar-refractivity contribution in [2.24, 2.45) is 0 Å². The molecular weight excluding hydrogens is 134 g/mol. The molecule has 0 spiro atoms. The van der Waals surface area contributed by atoms with Gasteiger partial charge in [-0.2, -0.15) is 0 Å². The minimum Gasteiger partial charge on any atom is -0.450 e. The molecule has 1 amide bonds. The summed E-state index contributed by atoms with van der Waals surface area (Å²) in [4.78, 5) is 10.6. The Labute approximate surface area is 60.2 Å². The quantitative estimate of drug-likeness (QED) is 0.595. The van der Waals surface area contributed by atoms with Crippen molar-refractivity contribution in [3.05, 3.63) is 0 Å². The van der Waals surface area contributed by atoms with E-state index in [-0.39, 0.29) is 12.6 Å². The van der Waals surface area contributed by atoms with Crippen LogP contribution in [0.4, 0.5) is 4.79 Å². The Hall–Kier alpha value is -0.770. The first-order chi connectivity index (χ1) is 4.70. The van der Waals surface area contributed by atoms with Crippen molar-refractivity contribution >= 4 is 6.09 Å². The summed E-state index contributed by atoms with van der Waals surface area (Å²) < 4.78 is 4.55. The first-order valence-electron chi connectivity index (χ1n) is 3.24. The van der Waals surface area contributed by atoms with Crippen LogP contribution in [0.1, 0.15) is 13.8 Å². The fourth-order valence-electron chi connectivity index (χ4n) is 0.420. The van der Waals surface area contributed by atoms with Gasteiger partial charge in [0, 0.05) is 0 Å². The van der Waals surface area contributed by atoms with E-state index in [0.717, 1.165) is 0 Å². The molecule has 0 bridgehead atoms. The molecule has 0 fully saturated rings. The Morgan fingerprint density at radius 2 is 2.40 bits per heavy atom. The van der Waals surface area contributed by atoms with Crippen molar-refractivity contribution in [1.82, 2.24) is 5.32 Å². The van der Waals surface area contributed by atoms with Crippen LogP contribution >= 0.6 is 0 Å². The monoisotopic (exact) mass is 147 g/mol. The Bertz CT molecular complexity index is 105. The average Bonchev–Trinajstić information content (AvgIpc) is 1.88. The Morgan fingerprint density at radius 3 is 2.80 bits per heavy atom. The van der Waals surface area contributed by atoms with Crippen LogP contribution in [0.25, 0.3) is 0 Å². The second-order valence-electron chi connectivity index (χ2n) is 1.95. The zero-order chi connectivity index (χ0) is 7.98. The highest BCUT2D eigenvalue weighted by atomic mass is 16.5. The lowest BCUT2D eigenvalue weighted by Crippen LogP contribution is -2.35. The summed E-state index contributed by atoms with van der Waals surface area (Å²) in [5.41, 5.74) is 0. The van der Waals surface area contributed by atoms with Crippen molar-refractivity contribution in [2.45, 2.75) is 19.9 Å². The second-order valence-corrected chi connectivity index (χ2v) is 1.95. The summed E-state index contributed by atoms with van der Waals surface area (Å²) in [6.07, 6.45) is -0.482. The molecule has 0 unspecified atom stereocenters. The minimum absolute atomic E-state index is 0.0706. The SMILES string of the molecule is CCOC(=O)N[C@H](C)CO. The van der Waals surface area contributed by atoms with Gasteiger partial charge in [-0.1, -0.05) is 0 Å². The molecule has 0 rings (SSSR count). The number of hydrogen-bond acceptors (Lipinski definition) is 3. The Balaban J connectivity index is 3.37. The van der Waals surface area contributed by atoms with Gasteiger partial charge in [-0.15, -0.1) is 0 Å². The third-order valence-electron chi connectivity index (χ3n) is 0.914. The number of alkyl carbamates (subject to hydrolysis) is 1. The zero-order valence-electron chi connectivity index (χ0n) is 6.26. The number of aliphatic hydroxyl groups is 1. The lowest BCUT2D eigenvalue weighted by atomic mass is 10.4. The minimum atomic E-state index is -0.482. The maximum Gasteiger partial charge on any atom is 0.407 e. The van der Waals surface area contributed by atoms with Gasteiger partial charge in [-0.25, -0.2) is 4.79 Å². The number of rotatable bonds is 3. The molecule has 10 heavy (non-hydrogen) atoms. The molecule has 4 heteroatoms. The first kappa shape index (κ1) is 9.23. The molecule has 60 valence electrons. The fraction of sp³-hybridized carbons (Fsp3) is 0.833. The molecule has 0 aromatic carbocycles. The van der Waals surface area contributed by atoms with Crippen LogP contribution in [0.5, 0.6) is 0 Å². The van der Waals surface area contributed by atoms with Gasteiger partial charge >= 0.3 is 6.09 Å². The van der Waals surface area contributed by atoms with Crippen molar-refractivity contribution in [3.63, 3.8) is 0 Å². The van der Waals surface area contributed by atoms with E-state index in [9.17, 15) is 4.79 Å². The lowest BCUT2D eigenvalue weighted by Gasteiger charge is -2.09. The van der Waals surface area contributed by atoms with Crippen LogP contribution in [0.2, 0.25) is 0 Å². The summed E-state index contributed by atoms with van der Waals surface area (Å²) in [5.74, 6) is 0. The normalized spacial score (nSPS) is 12.3. The van der Waals surface area contributed by atoms with E-state index in [0.29, 0.717) is 6.61 Å². The number of carbonyl (C=O) groups excluding carboxylic acids is 1. The smallest absolute Gasteiger partial charge is 0.407 e. The topological polar surface area (TPSA) is 58.6 Å². The van der Waals surface area contributed by atoms with Crippen LogP contribution in [0, 0.1) is 0 Å². The van der Waals surface area contributed by atoms with Crippen LogP contribution in [-0.2, 0) is 4.74 Å². The number of nitrogens with one attached hydrogen (secondary N) is 1. The van der Waals surface area contributed by atoms with E-state index in [1.165, 1.54) is 0 Å². The molecule has 0 radical (unpaired) electrons. The number of carbonyl (C=O) groups is 1. The van der Waals surface area contributed by atoms with E-state index in [1.54, 1.807) is 13.8 Å². The zero-order valence-corrected chi connectivity index (χ0v) is 6.26. The van der Waals surface area contributed by atoms with Gasteiger partial charge in [-0.3, -0.25) is 0 Å². The van der Waals surface area contributed by atoms with Gasteiger partial charge < -0.3 is 15.2 Å².